The molecule has 0 atom stereocenters. The van der Waals surface area contributed by atoms with E-state index >= 15 is 0 Å². The highest BCUT2D eigenvalue weighted by molar-refractivity contribution is 7.89. The van der Waals surface area contributed by atoms with Crippen molar-refractivity contribution in [1.29, 1.82) is 0 Å². The molecule has 3 N–H and O–H groups in total. The second-order valence-corrected chi connectivity index (χ2v) is 7.28. The predicted molar refractivity (Wildman–Crippen MR) is 99.9 cm³/mol. The highest BCUT2D eigenvalue weighted by Crippen LogP contribution is 2.18. The highest BCUT2D eigenvalue weighted by Gasteiger charge is 2.09. The zero-order valence-electron chi connectivity index (χ0n) is 13.9. The number of sulfonamides is 1. The second-order valence-electron chi connectivity index (χ2n) is 5.72. The molecule has 8 heteroatoms. The second kappa shape index (κ2) is 7.10. The van der Waals surface area contributed by atoms with E-state index in [4.69, 9.17) is 10.2 Å². The Labute approximate surface area is 154 Å². The Kier molecular flexibility index (Phi) is 4.85. The summed E-state index contributed by atoms with van der Waals surface area (Å²) in [7, 11) is -3.79. The van der Waals surface area contributed by atoms with Gasteiger partial charge < -0.3 is 5.11 Å². The number of hydrogen-bond acceptors (Lipinski definition) is 5. The Morgan fingerprint density at radius 3 is 2.26 bits per heavy atom. The van der Waals surface area contributed by atoms with Crippen molar-refractivity contribution in [2.24, 2.45) is 5.14 Å². The lowest BCUT2D eigenvalue weighted by molar-refractivity contribution is 0.0696. The third kappa shape index (κ3) is 4.25. The van der Waals surface area contributed by atoms with Gasteiger partial charge in [-0.25, -0.2) is 23.3 Å². The molecule has 0 amide bonds. The number of ketones is 1. The minimum atomic E-state index is -3.79. The molecule has 0 radical (unpaired) electrons. The molecule has 27 heavy (non-hydrogen) atoms. The molecule has 2 aromatic carbocycles. The topological polar surface area (TPSA) is 127 Å². The Bertz CT molecular complexity index is 1180. The van der Waals surface area contributed by atoms with Crippen LogP contribution in [0, 0.1) is 0 Å². The number of fused-ring (bicyclic) bond motifs is 1. The maximum atomic E-state index is 12.2. The first-order valence-corrected chi connectivity index (χ1v) is 9.28. The van der Waals surface area contributed by atoms with Gasteiger partial charge in [-0.3, -0.25) is 4.79 Å². The van der Waals surface area contributed by atoms with Crippen molar-refractivity contribution in [2.45, 2.75) is 4.90 Å². The normalized spacial score (nSPS) is 11.7. The number of aromatic carboxylic acids is 1. The number of carboxylic acid groups (broad SMARTS) is 1. The van der Waals surface area contributed by atoms with Crippen LogP contribution in [-0.2, 0) is 10.0 Å². The SMILES string of the molecule is NS(=O)(=O)c1ccc2nc(/C=C/C(=O)c3ccc(C(=O)O)cc3)ccc2c1. The zero-order valence-corrected chi connectivity index (χ0v) is 14.7. The molecule has 1 heterocycles. The van der Waals surface area contributed by atoms with Crippen molar-refractivity contribution < 1.29 is 23.1 Å². The van der Waals surface area contributed by atoms with E-state index in [0.717, 1.165) is 0 Å². The summed E-state index contributed by atoms with van der Waals surface area (Å²) in [6.45, 7) is 0. The molecular weight excluding hydrogens is 368 g/mol. The van der Waals surface area contributed by atoms with Gasteiger partial charge in [0, 0.05) is 10.9 Å². The van der Waals surface area contributed by atoms with E-state index in [0.29, 0.717) is 22.2 Å². The van der Waals surface area contributed by atoms with Gasteiger partial charge in [0.25, 0.3) is 0 Å². The molecule has 0 bridgehead atoms. The number of carbonyl (C=O) groups excluding carboxylic acids is 1. The van der Waals surface area contributed by atoms with Crippen molar-refractivity contribution in [3.8, 4) is 0 Å². The van der Waals surface area contributed by atoms with Crippen molar-refractivity contribution in [2.75, 3.05) is 0 Å². The van der Waals surface area contributed by atoms with E-state index in [1.807, 2.05) is 0 Å². The van der Waals surface area contributed by atoms with Crippen LogP contribution in [0.15, 0.2) is 65.6 Å². The fraction of sp³-hybridized carbons (Fsp3) is 0. The van der Waals surface area contributed by atoms with E-state index in [1.165, 1.54) is 48.6 Å². The van der Waals surface area contributed by atoms with Gasteiger partial charge in [0.05, 0.1) is 21.7 Å². The number of primary sulfonamides is 1. The third-order valence-electron chi connectivity index (χ3n) is 3.83. The molecular formula is C19H14N2O5S. The molecule has 7 nitrogen and oxygen atoms in total. The number of allylic oxidation sites excluding steroid dienone is 1. The molecule has 1 aromatic heterocycles. The summed E-state index contributed by atoms with van der Waals surface area (Å²) >= 11 is 0. The van der Waals surface area contributed by atoms with Crippen molar-refractivity contribution in [1.82, 2.24) is 4.98 Å². The van der Waals surface area contributed by atoms with Crippen LogP contribution in [0.4, 0.5) is 0 Å². The minimum Gasteiger partial charge on any atom is -0.478 e. The van der Waals surface area contributed by atoms with Gasteiger partial charge in [-0.15, -0.1) is 0 Å². The van der Waals surface area contributed by atoms with Crippen LogP contribution in [-0.4, -0.2) is 30.3 Å². The summed E-state index contributed by atoms with van der Waals surface area (Å²) in [4.78, 5) is 27.4. The van der Waals surface area contributed by atoms with E-state index < -0.39 is 16.0 Å². The summed E-state index contributed by atoms with van der Waals surface area (Å²) in [5.74, 6) is -1.35. The van der Waals surface area contributed by atoms with Gasteiger partial charge in [0.15, 0.2) is 5.78 Å². The average Bonchev–Trinajstić information content (AvgIpc) is 2.64. The molecule has 0 aliphatic heterocycles. The van der Waals surface area contributed by atoms with Crippen LogP contribution in [0.1, 0.15) is 26.4 Å². The zero-order chi connectivity index (χ0) is 19.6. The van der Waals surface area contributed by atoms with Crippen LogP contribution >= 0.6 is 0 Å². The van der Waals surface area contributed by atoms with E-state index in [1.54, 1.807) is 18.2 Å². The maximum absolute atomic E-state index is 12.2. The number of rotatable bonds is 5. The number of carboxylic acids is 1. The van der Waals surface area contributed by atoms with Gasteiger partial charge in [0.2, 0.25) is 10.0 Å². The number of hydrogen-bond donors (Lipinski definition) is 2. The van der Waals surface area contributed by atoms with Gasteiger partial charge in [0.1, 0.15) is 0 Å². The van der Waals surface area contributed by atoms with Crippen molar-refractivity contribution >= 4 is 38.8 Å². The van der Waals surface area contributed by atoms with Gasteiger partial charge in [-0.2, -0.15) is 0 Å². The highest BCUT2D eigenvalue weighted by atomic mass is 32.2. The van der Waals surface area contributed by atoms with Crippen LogP contribution in [0.25, 0.3) is 17.0 Å². The average molecular weight is 382 g/mol. The van der Waals surface area contributed by atoms with Crippen LogP contribution in [0.5, 0.6) is 0 Å². The fourth-order valence-electron chi connectivity index (χ4n) is 2.42. The van der Waals surface area contributed by atoms with E-state index in [2.05, 4.69) is 4.98 Å². The van der Waals surface area contributed by atoms with Gasteiger partial charge >= 0.3 is 5.97 Å². The van der Waals surface area contributed by atoms with E-state index in [9.17, 15) is 18.0 Å². The molecule has 0 fully saturated rings. The van der Waals surface area contributed by atoms with Crippen LogP contribution in [0.2, 0.25) is 0 Å². The molecule has 0 unspecified atom stereocenters. The minimum absolute atomic E-state index is 0.0000719. The van der Waals surface area contributed by atoms with Crippen LogP contribution < -0.4 is 5.14 Å². The Balaban J connectivity index is 1.83. The molecule has 0 saturated heterocycles. The first kappa shape index (κ1) is 18.4. The molecule has 0 aliphatic carbocycles. The van der Waals surface area contributed by atoms with E-state index in [-0.39, 0.29) is 16.2 Å². The number of carbonyl (C=O) groups is 2. The first-order chi connectivity index (χ1) is 12.7. The summed E-state index contributed by atoms with van der Waals surface area (Å²) in [5, 5.41) is 14.6. The Hall–Kier alpha value is -3.36. The maximum Gasteiger partial charge on any atom is 0.335 e. The smallest absolute Gasteiger partial charge is 0.335 e. The number of pyridine rings is 1. The molecule has 0 aliphatic rings. The quantitative estimate of drug-likeness (QED) is 0.515. The number of nitrogens with zero attached hydrogens (tertiary/aromatic N) is 1. The van der Waals surface area contributed by atoms with Gasteiger partial charge in [-0.1, -0.05) is 18.2 Å². The monoisotopic (exact) mass is 382 g/mol. The van der Waals surface area contributed by atoms with Crippen LogP contribution in [0.3, 0.4) is 0 Å². The first-order valence-electron chi connectivity index (χ1n) is 7.73. The summed E-state index contributed by atoms with van der Waals surface area (Å²) in [6.07, 6.45) is 2.86. The predicted octanol–water partition coefficient (Wildman–Crippen LogP) is 2.48. The lowest BCUT2D eigenvalue weighted by atomic mass is 10.1. The Morgan fingerprint density at radius 1 is 0.963 bits per heavy atom. The lowest BCUT2D eigenvalue weighted by Gasteiger charge is -2.02. The number of nitrogens with two attached hydrogens (primary N) is 1. The number of benzene rings is 2. The fourth-order valence-corrected chi connectivity index (χ4v) is 2.97. The molecule has 0 saturated carbocycles. The lowest BCUT2D eigenvalue weighted by Crippen LogP contribution is -2.11. The molecule has 0 spiro atoms. The standard InChI is InChI=1S/C19H14N2O5S/c20-27(25,26)16-8-9-17-14(11-16)5-6-15(21-17)7-10-18(22)12-1-3-13(4-2-12)19(23)24/h1-11H,(H,23,24)(H2,20,25,26)/b10-7+. The molecule has 136 valence electrons. The number of aromatic nitrogens is 1. The summed E-state index contributed by atoms with van der Waals surface area (Å²) < 4.78 is 22.8. The van der Waals surface area contributed by atoms with Crippen molar-refractivity contribution in [3.05, 3.63) is 77.5 Å². The summed E-state index contributed by atoms with van der Waals surface area (Å²) in [5.41, 5.74) is 1.53. The van der Waals surface area contributed by atoms with Crippen molar-refractivity contribution in [3.63, 3.8) is 0 Å². The molecule has 3 aromatic rings. The summed E-state index contributed by atoms with van der Waals surface area (Å²) in [6, 6.07) is 13.3. The Morgan fingerprint density at radius 2 is 1.63 bits per heavy atom. The van der Waals surface area contributed by atoms with Gasteiger partial charge in [-0.05, 0) is 48.6 Å². The largest absolute Gasteiger partial charge is 0.478 e. The molecule has 3 rings (SSSR count). The third-order valence-corrected chi connectivity index (χ3v) is 4.74.